The summed E-state index contributed by atoms with van der Waals surface area (Å²) in [6.07, 6.45) is -6.07. The molecule has 0 aliphatic carbocycles. The van der Waals surface area contributed by atoms with Gasteiger partial charge in [-0.2, -0.15) is 18.2 Å². The fourth-order valence-corrected chi connectivity index (χ4v) is 0.915. The molecule has 1 rings (SSSR count). The van der Waals surface area contributed by atoms with Gasteiger partial charge >= 0.3 is 6.18 Å². The van der Waals surface area contributed by atoms with E-state index in [9.17, 15) is 18.0 Å². The number of aromatic amines is 1. The highest BCUT2D eigenvalue weighted by molar-refractivity contribution is 5.75. The maximum atomic E-state index is 11.8. The van der Waals surface area contributed by atoms with Crippen LogP contribution in [-0.2, 0) is 11.3 Å². The summed E-state index contributed by atoms with van der Waals surface area (Å²) in [5.41, 5.74) is 5.19. The fourth-order valence-electron chi connectivity index (χ4n) is 0.915. The monoisotopic (exact) mass is 237 g/mol. The number of nitrogens with two attached hydrogens (primary N) is 1. The molecule has 0 fully saturated rings. The maximum Gasteiger partial charge on any atom is 0.389 e. The SMILES string of the molecule is Nc1n[nH]c(CNC(=O)CCC(F)(F)F)n1. The summed E-state index contributed by atoms with van der Waals surface area (Å²) in [5, 5.41) is 8.16. The van der Waals surface area contributed by atoms with Crippen molar-refractivity contribution in [2.24, 2.45) is 0 Å². The molecule has 1 heterocycles. The second-order valence-corrected chi connectivity index (χ2v) is 3.03. The Kier molecular flexibility index (Phi) is 3.69. The predicted octanol–water partition coefficient (Wildman–Crippen LogP) is 0.346. The lowest BCUT2D eigenvalue weighted by atomic mass is 10.3. The van der Waals surface area contributed by atoms with Crippen LogP contribution in [-0.4, -0.2) is 27.3 Å². The molecule has 1 aromatic heterocycles. The number of aromatic nitrogens is 3. The Balaban J connectivity index is 2.25. The lowest BCUT2D eigenvalue weighted by Gasteiger charge is -2.05. The van der Waals surface area contributed by atoms with Gasteiger partial charge in [0.15, 0.2) is 0 Å². The molecule has 0 saturated carbocycles. The first kappa shape index (κ1) is 12.3. The van der Waals surface area contributed by atoms with E-state index in [1.54, 1.807) is 0 Å². The summed E-state index contributed by atoms with van der Waals surface area (Å²) >= 11 is 0. The smallest absolute Gasteiger partial charge is 0.367 e. The molecule has 0 unspecified atom stereocenters. The van der Waals surface area contributed by atoms with Gasteiger partial charge in [0.1, 0.15) is 5.82 Å². The van der Waals surface area contributed by atoms with Crippen LogP contribution in [0.25, 0.3) is 0 Å². The van der Waals surface area contributed by atoms with E-state index in [2.05, 4.69) is 20.5 Å². The van der Waals surface area contributed by atoms with Crippen LogP contribution in [0, 0.1) is 0 Å². The summed E-state index contributed by atoms with van der Waals surface area (Å²) in [4.78, 5) is 14.6. The number of nitrogens with zero attached hydrogens (tertiary/aromatic N) is 2. The summed E-state index contributed by atoms with van der Waals surface area (Å²) in [7, 11) is 0. The Labute approximate surface area is 88.4 Å². The number of carbonyl (C=O) groups excluding carboxylic acids is 1. The minimum absolute atomic E-state index is 0.0135. The van der Waals surface area contributed by atoms with E-state index in [-0.39, 0.29) is 18.3 Å². The Morgan fingerprint density at radius 1 is 1.50 bits per heavy atom. The molecule has 6 nitrogen and oxygen atoms in total. The van der Waals surface area contributed by atoms with Crippen molar-refractivity contribution in [2.75, 3.05) is 5.73 Å². The molecule has 0 atom stereocenters. The summed E-state index contributed by atoms with van der Waals surface area (Å²) in [6.45, 7) is -0.0269. The van der Waals surface area contributed by atoms with Crippen LogP contribution in [0.1, 0.15) is 18.7 Å². The second kappa shape index (κ2) is 4.81. The highest BCUT2D eigenvalue weighted by Crippen LogP contribution is 2.20. The van der Waals surface area contributed by atoms with Crippen molar-refractivity contribution in [3.05, 3.63) is 5.82 Å². The molecule has 0 aromatic carbocycles. The largest absolute Gasteiger partial charge is 0.389 e. The maximum absolute atomic E-state index is 11.8. The van der Waals surface area contributed by atoms with Gasteiger partial charge in [-0.05, 0) is 0 Å². The average molecular weight is 237 g/mol. The van der Waals surface area contributed by atoms with Gasteiger partial charge in [-0.15, -0.1) is 5.10 Å². The van der Waals surface area contributed by atoms with E-state index >= 15 is 0 Å². The first-order valence-electron chi connectivity index (χ1n) is 4.37. The zero-order valence-corrected chi connectivity index (χ0v) is 8.14. The minimum Gasteiger partial charge on any atom is -0.367 e. The Morgan fingerprint density at radius 3 is 2.69 bits per heavy atom. The molecule has 0 spiro atoms. The number of nitrogens with one attached hydrogen (secondary N) is 2. The number of anilines is 1. The number of H-pyrrole nitrogens is 1. The van der Waals surface area contributed by atoms with Crippen molar-refractivity contribution in [3.8, 4) is 0 Å². The minimum atomic E-state index is -4.33. The number of nitrogen functional groups attached to an aromatic ring is 1. The Morgan fingerprint density at radius 2 is 2.19 bits per heavy atom. The van der Waals surface area contributed by atoms with Crippen molar-refractivity contribution in [1.29, 1.82) is 0 Å². The molecule has 1 aromatic rings. The average Bonchev–Trinajstić information content (AvgIpc) is 2.57. The van der Waals surface area contributed by atoms with Gasteiger partial charge in [0.25, 0.3) is 0 Å². The van der Waals surface area contributed by atoms with E-state index in [4.69, 9.17) is 5.73 Å². The molecule has 0 bridgehead atoms. The third-order valence-electron chi connectivity index (χ3n) is 1.64. The fraction of sp³-hybridized carbons (Fsp3) is 0.571. The second-order valence-electron chi connectivity index (χ2n) is 3.03. The standard InChI is InChI=1S/C7H10F3N5O/c8-7(9,10)2-1-5(16)12-3-4-13-6(11)15-14-4/h1-3H2,(H,12,16)(H3,11,13,14,15). The first-order valence-corrected chi connectivity index (χ1v) is 4.37. The van der Waals surface area contributed by atoms with Crippen LogP contribution in [0.3, 0.4) is 0 Å². The van der Waals surface area contributed by atoms with E-state index in [1.807, 2.05) is 0 Å². The van der Waals surface area contributed by atoms with E-state index in [0.29, 0.717) is 0 Å². The molecular weight excluding hydrogens is 227 g/mol. The van der Waals surface area contributed by atoms with Crippen LogP contribution >= 0.6 is 0 Å². The molecule has 0 aliphatic heterocycles. The Bertz CT molecular complexity index is 361. The lowest BCUT2D eigenvalue weighted by molar-refractivity contribution is -0.144. The molecule has 0 saturated heterocycles. The van der Waals surface area contributed by atoms with Crippen molar-refractivity contribution in [3.63, 3.8) is 0 Å². The van der Waals surface area contributed by atoms with Crippen molar-refractivity contribution in [2.45, 2.75) is 25.6 Å². The van der Waals surface area contributed by atoms with Gasteiger partial charge in [-0.3, -0.25) is 9.89 Å². The van der Waals surface area contributed by atoms with Gasteiger partial charge in [0.05, 0.1) is 13.0 Å². The van der Waals surface area contributed by atoms with Crippen LogP contribution in [0.2, 0.25) is 0 Å². The zero-order chi connectivity index (χ0) is 12.2. The third-order valence-corrected chi connectivity index (χ3v) is 1.64. The highest BCUT2D eigenvalue weighted by Gasteiger charge is 2.27. The first-order chi connectivity index (χ1) is 7.37. The van der Waals surface area contributed by atoms with Crippen LogP contribution in [0.15, 0.2) is 0 Å². The number of alkyl halides is 3. The van der Waals surface area contributed by atoms with Gasteiger partial charge in [-0.25, -0.2) is 0 Å². The molecule has 9 heteroatoms. The summed E-state index contributed by atoms with van der Waals surface area (Å²) in [6, 6.07) is 0. The Hall–Kier alpha value is -1.80. The number of hydrogen-bond donors (Lipinski definition) is 3. The number of hydrogen-bond acceptors (Lipinski definition) is 4. The quantitative estimate of drug-likeness (QED) is 0.703. The molecule has 16 heavy (non-hydrogen) atoms. The van der Waals surface area contributed by atoms with Crippen LogP contribution in [0.5, 0.6) is 0 Å². The number of carbonyl (C=O) groups is 1. The van der Waals surface area contributed by atoms with E-state index in [0.717, 1.165) is 0 Å². The van der Waals surface area contributed by atoms with Gasteiger partial charge in [0, 0.05) is 6.42 Å². The lowest BCUT2D eigenvalue weighted by Crippen LogP contribution is -2.25. The number of rotatable bonds is 4. The molecule has 0 aliphatic rings. The number of amides is 1. The third kappa shape index (κ3) is 4.62. The normalized spacial score (nSPS) is 11.4. The summed E-state index contributed by atoms with van der Waals surface area (Å²) < 4.78 is 35.3. The van der Waals surface area contributed by atoms with Crippen LogP contribution in [0.4, 0.5) is 19.1 Å². The van der Waals surface area contributed by atoms with Crippen molar-refractivity contribution < 1.29 is 18.0 Å². The molecule has 1 amide bonds. The van der Waals surface area contributed by atoms with E-state index < -0.39 is 24.9 Å². The molecular formula is C7H10F3N5O. The molecule has 90 valence electrons. The van der Waals surface area contributed by atoms with Crippen molar-refractivity contribution in [1.82, 2.24) is 20.5 Å². The summed E-state index contributed by atoms with van der Waals surface area (Å²) in [5.74, 6) is -0.398. The topological polar surface area (TPSA) is 96.7 Å². The molecule has 4 N–H and O–H groups in total. The molecule has 0 radical (unpaired) electrons. The predicted molar refractivity (Wildman–Crippen MR) is 47.9 cm³/mol. The van der Waals surface area contributed by atoms with Gasteiger partial charge in [-0.1, -0.05) is 0 Å². The zero-order valence-electron chi connectivity index (χ0n) is 8.14. The van der Waals surface area contributed by atoms with Gasteiger partial charge in [0.2, 0.25) is 11.9 Å². The van der Waals surface area contributed by atoms with Gasteiger partial charge < -0.3 is 11.1 Å². The number of halogens is 3. The van der Waals surface area contributed by atoms with E-state index in [1.165, 1.54) is 0 Å². The van der Waals surface area contributed by atoms with Crippen LogP contribution < -0.4 is 11.1 Å². The highest BCUT2D eigenvalue weighted by atomic mass is 19.4. The van der Waals surface area contributed by atoms with Crippen molar-refractivity contribution >= 4 is 11.9 Å².